The van der Waals surface area contributed by atoms with Crippen molar-refractivity contribution in [1.29, 1.82) is 0 Å². The minimum absolute atomic E-state index is 0.782. The average Bonchev–Trinajstić information content (AvgIpc) is 3.00. The normalized spacial score (nSPS) is 11.2. The molecule has 26 heavy (non-hydrogen) atoms. The van der Waals surface area contributed by atoms with Gasteiger partial charge in [0, 0.05) is 11.9 Å². The summed E-state index contributed by atoms with van der Waals surface area (Å²) in [4.78, 5) is 9.40. The van der Waals surface area contributed by atoms with Gasteiger partial charge in [-0.2, -0.15) is 0 Å². The number of hydrogen-bond acceptors (Lipinski definition) is 3. The number of rotatable bonds is 5. The van der Waals surface area contributed by atoms with Gasteiger partial charge in [0.1, 0.15) is 5.52 Å². The van der Waals surface area contributed by atoms with Crippen LogP contribution in [0, 0.1) is 13.8 Å². The number of hydrogen-bond donors (Lipinski definition) is 0. The molecule has 0 aliphatic rings. The fourth-order valence-electron chi connectivity index (χ4n) is 3.02. The molecule has 0 radical (unpaired) electrons. The maximum absolute atomic E-state index is 4.83. The Labute approximate surface area is 158 Å². The van der Waals surface area contributed by atoms with E-state index in [-0.39, 0.29) is 0 Å². The Morgan fingerprint density at radius 2 is 1.73 bits per heavy atom. The van der Waals surface area contributed by atoms with Gasteiger partial charge in [-0.05, 0) is 37.1 Å². The highest BCUT2D eigenvalue weighted by Gasteiger charge is 2.13. The first kappa shape index (κ1) is 16.9. The summed E-state index contributed by atoms with van der Waals surface area (Å²) in [6.07, 6.45) is 1.84. The van der Waals surface area contributed by atoms with Gasteiger partial charge in [0.2, 0.25) is 0 Å². The number of nitrogens with zero attached hydrogens (tertiary/aromatic N) is 3. The van der Waals surface area contributed by atoms with E-state index in [1.807, 2.05) is 18.3 Å². The number of benzene rings is 2. The molecule has 2 heterocycles. The quantitative estimate of drug-likeness (QED) is 0.448. The molecular formula is C22H21N3S. The van der Waals surface area contributed by atoms with Crippen molar-refractivity contribution in [2.75, 3.05) is 0 Å². The van der Waals surface area contributed by atoms with Crippen LogP contribution in [0.1, 0.15) is 22.3 Å². The van der Waals surface area contributed by atoms with Crippen LogP contribution in [0.15, 0.2) is 72.0 Å². The Balaban J connectivity index is 1.65. The summed E-state index contributed by atoms with van der Waals surface area (Å²) < 4.78 is 2.22. The van der Waals surface area contributed by atoms with Crippen molar-refractivity contribution >= 4 is 22.9 Å². The number of thioether (sulfide) groups is 1. The van der Waals surface area contributed by atoms with Crippen LogP contribution in [0.3, 0.4) is 0 Å². The third kappa shape index (κ3) is 3.65. The first-order valence-corrected chi connectivity index (χ1v) is 9.73. The molecule has 0 aliphatic heterocycles. The molecule has 0 saturated heterocycles. The number of aryl methyl sites for hydroxylation is 2. The van der Waals surface area contributed by atoms with Gasteiger partial charge in [0.05, 0.1) is 6.54 Å². The summed E-state index contributed by atoms with van der Waals surface area (Å²) >= 11 is 1.77. The minimum atomic E-state index is 0.782. The molecule has 0 unspecified atom stereocenters. The summed E-state index contributed by atoms with van der Waals surface area (Å²) in [5.41, 5.74) is 7.04. The van der Waals surface area contributed by atoms with Gasteiger partial charge in [0.25, 0.3) is 0 Å². The highest BCUT2D eigenvalue weighted by atomic mass is 32.2. The predicted molar refractivity (Wildman–Crippen MR) is 109 cm³/mol. The van der Waals surface area contributed by atoms with Gasteiger partial charge in [-0.1, -0.05) is 71.4 Å². The molecule has 4 rings (SSSR count). The van der Waals surface area contributed by atoms with Crippen molar-refractivity contribution in [3.63, 3.8) is 0 Å². The lowest BCUT2D eigenvalue weighted by molar-refractivity contribution is 0.723. The van der Waals surface area contributed by atoms with E-state index in [0.29, 0.717) is 0 Å². The van der Waals surface area contributed by atoms with Crippen LogP contribution in [-0.4, -0.2) is 14.5 Å². The Bertz CT molecular complexity index is 1030. The average molecular weight is 359 g/mol. The van der Waals surface area contributed by atoms with E-state index in [4.69, 9.17) is 4.98 Å². The molecule has 0 atom stereocenters. The van der Waals surface area contributed by atoms with Crippen molar-refractivity contribution in [2.24, 2.45) is 0 Å². The maximum atomic E-state index is 4.83. The third-order valence-corrected chi connectivity index (χ3v) is 5.43. The van der Waals surface area contributed by atoms with E-state index in [1.165, 1.54) is 22.3 Å². The highest BCUT2D eigenvalue weighted by molar-refractivity contribution is 7.98. The third-order valence-electron chi connectivity index (χ3n) is 4.38. The summed E-state index contributed by atoms with van der Waals surface area (Å²) in [7, 11) is 0. The topological polar surface area (TPSA) is 30.7 Å². The smallest absolute Gasteiger partial charge is 0.170 e. The van der Waals surface area contributed by atoms with E-state index >= 15 is 0 Å². The van der Waals surface area contributed by atoms with Crippen LogP contribution in [-0.2, 0) is 12.3 Å². The Morgan fingerprint density at radius 3 is 2.54 bits per heavy atom. The standard InChI is InChI=1S/C22H21N3S/c1-16-8-10-18(11-9-16)14-25-21-20(7-4-12-23-21)24-22(25)26-15-19-6-3-5-17(2)13-19/h3-13H,14-15H2,1-2H3. The zero-order valence-corrected chi connectivity index (χ0v) is 15.8. The second-order valence-corrected chi connectivity index (χ2v) is 7.53. The number of pyridine rings is 1. The first-order chi connectivity index (χ1) is 12.7. The van der Waals surface area contributed by atoms with E-state index in [1.54, 1.807) is 11.8 Å². The number of aromatic nitrogens is 3. The zero-order valence-electron chi connectivity index (χ0n) is 15.0. The fourth-order valence-corrected chi connectivity index (χ4v) is 3.96. The van der Waals surface area contributed by atoms with Crippen molar-refractivity contribution in [3.05, 3.63) is 89.1 Å². The predicted octanol–water partition coefficient (Wildman–Crippen LogP) is 5.39. The van der Waals surface area contributed by atoms with Crippen LogP contribution in [0.5, 0.6) is 0 Å². The molecule has 0 fully saturated rings. The molecule has 4 aromatic rings. The molecule has 0 N–H and O–H groups in total. The van der Waals surface area contributed by atoms with E-state index < -0.39 is 0 Å². The monoisotopic (exact) mass is 359 g/mol. The molecule has 0 spiro atoms. The molecule has 4 heteroatoms. The van der Waals surface area contributed by atoms with Crippen LogP contribution < -0.4 is 0 Å². The minimum Gasteiger partial charge on any atom is -0.299 e. The van der Waals surface area contributed by atoms with Crippen molar-refractivity contribution < 1.29 is 0 Å². The number of imidazole rings is 1. The van der Waals surface area contributed by atoms with Crippen LogP contribution in [0.2, 0.25) is 0 Å². The van der Waals surface area contributed by atoms with Gasteiger partial charge in [-0.15, -0.1) is 0 Å². The van der Waals surface area contributed by atoms with Crippen molar-refractivity contribution in [3.8, 4) is 0 Å². The second-order valence-electron chi connectivity index (χ2n) is 6.59. The SMILES string of the molecule is Cc1ccc(Cn2c(SCc3cccc(C)c3)nc3cccnc32)cc1. The molecule has 0 aliphatic carbocycles. The fraction of sp³-hybridized carbons (Fsp3) is 0.182. The molecule has 0 bridgehead atoms. The van der Waals surface area contributed by atoms with E-state index in [0.717, 1.165) is 28.6 Å². The van der Waals surface area contributed by atoms with Gasteiger partial charge < -0.3 is 0 Å². The van der Waals surface area contributed by atoms with Gasteiger partial charge >= 0.3 is 0 Å². The first-order valence-electron chi connectivity index (χ1n) is 8.74. The summed E-state index contributed by atoms with van der Waals surface area (Å²) in [6.45, 7) is 5.02. The molecule has 3 nitrogen and oxygen atoms in total. The summed E-state index contributed by atoms with van der Waals surface area (Å²) in [6, 6.07) is 21.3. The second kappa shape index (κ2) is 7.34. The summed E-state index contributed by atoms with van der Waals surface area (Å²) in [5, 5.41) is 1.01. The van der Waals surface area contributed by atoms with Crippen LogP contribution in [0.25, 0.3) is 11.2 Å². The van der Waals surface area contributed by atoms with Crippen molar-refractivity contribution in [1.82, 2.24) is 14.5 Å². The zero-order chi connectivity index (χ0) is 17.9. The lowest BCUT2D eigenvalue weighted by atomic mass is 10.1. The van der Waals surface area contributed by atoms with Crippen LogP contribution in [0.4, 0.5) is 0 Å². The molecule has 2 aromatic carbocycles. The Hall–Kier alpha value is -2.59. The Kier molecular flexibility index (Phi) is 4.76. The van der Waals surface area contributed by atoms with Gasteiger partial charge in [-0.3, -0.25) is 4.57 Å². The molecule has 0 amide bonds. The van der Waals surface area contributed by atoms with E-state index in [9.17, 15) is 0 Å². The molecular weight excluding hydrogens is 338 g/mol. The molecule has 2 aromatic heterocycles. The molecule has 0 saturated carbocycles. The largest absolute Gasteiger partial charge is 0.299 e. The lowest BCUT2D eigenvalue weighted by Gasteiger charge is -2.09. The lowest BCUT2D eigenvalue weighted by Crippen LogP contribution is -2.02. The van der Waals surface area contributed by atoms with Gasteiger partial charge in [0.15, 0.2) is 10.8 Å². The van der Waals surface area contributed by atoms with Crippen LogP contribution >= 0.6 is 11.8 Å². The summed E-state index contributed by atoms with van der Waals surface area (Å²) in [5.74, 6) is 0.902. The molecule has 130 valence electrons. The number of fused-ring (bicyclic) bond motifs is 1. The highest BCUT2D eigenvalue weighted by Crippen LogP contribution is 2.27. The van der Waals surface area contributed by atoms with E-state index in [2.05, 4.69) is 71.9 Å². The Morgan fingerprint density at radius 1 is 0.885 bits per heavy atom. The van der Waals surface area contributed by atoms with Gasteiger partial charge in [-0.25, -0.2) is 9.97 Å². The van der Waals surface area contributed by atoms with Crippen molar-refractivity contribution in [2.45, 2.75) is 31.3 Å². The maximum Gasteiger partial charge on any atom is 0.170 e.